The second kappa shape index (κ2) is 11.9. The van der Waals surface area contributed by atoms with Crippen molar-refractivity contribution in [1.82, 2.24) is 20.3 Å². The van der Waals surface area contributed by atoms with Gasteiger partial charge >= 0.3 is 0 Å². The average molecular weight is 434 g/mol. The van der Waals surface area contributed by atoms with Crippen molar-refractivity contribution < 1.29 is 19.9 Å². The van der Waals surface area contributed by atoms with Crippen LogP contribution in [0, 0.1) is 0 Å². The van der Waals surface area contributed by atoms with Gasteiger partial charge in [-0.3, -0.25) is 24.7 Å². The van der Waals surface area contributed by atoms with Crippen molar-refractivity contribution >= 4 is 35.4 Å². The molecule has 0 saturated carbocycles. The van der Waals surface area contributed by atoms with Gasteiger partial charge in [-0.25, -0.2) is 10.5 Å². The van der Waals surface area contributed by atoms with Crippen LogP contribution in [0.2, 0.25) is 5.02 Å². The Morgan fingerprint density at radius 3 is 2.57 bits per heavy atom. The molecule has 30 heavy (non-hydrogen) atoms. The van der Waals surface area contributed by atoms with Gasteiger partial charge in [0, 0.05) is 43.7 Å². The zero-order chi connectivity index (χ0) is 21.9. The first-order valence-electron chi connectivity index (χ1n) is 9.22. The van der Waals surface area contributed by atoms with Gasteiger partial charge in [-0.1, -0.05) is 23.7 Å². The number of anilines is 1. The third kappa shape index (κ3) is 8.56. The van der Waals surface area contributed by atoms with Gasteiger partial charge in [0.15, 0.2) is 0 Å². The molecule has 2 aromatic rings. The highest BCUT2D eigenvalue weighted by Gasteiger charge is 2.22. The zero-order valence-corrected chi connectivity index (χ0v) is 17.2. The molecule has 160 valence electrons. The zero-order valence-electron chi connectivity index (χ0n) is 16.5. The van der Waals surface area contributed by atoms with E-state index in [0.717, 1.165) is 38.0 Å². The quantitative estimate of drug-likeness (QED) is 0.310. The molecule has 3 rings (SSSR count). The summed E-state index contributed by atoms with van der Waals surface area (Å²) < 4.78 is 0. The molecule has 1 aromatic heterocycles. The molecule has 0 aliphatic carbocycles. The maximum atomic E-state index is 10.9. The third-order valence-electron chi connectivity index (χ3n) is 4.13. The first-order valence-corrected chi connectivity index (χ1v) is 9.60. The number of amides is 1. The fraction of sp³-hybridized carbons (Fsp3) is 0.300. The molecule has 0 radical (unpaired) electrons. The van der Waals surface area contributed by atoms with Crippen LogP contribution >= 0.6 is 11.6 Å². The summed E-state index contributed by atoms with van der Waals surface area (Å²) in [6.45, 7) is 3.94. The van der Waals surface area contributed by atoms with Crippen LogP contribution in [0.3, 0.4) is 0 Å². The molecule has 9 nitrogen and oxygen atoms in total. The Hall–Kier alpha value is -3.01. The number of nitrogens with zero attached hydrogens (tertiary/aromatic N) is 3. The van der Waals surface area contributed by atoms with Gasteiger partial charge in [0.05, 0.1) is 18.1 Å². The minimum absolute atomic E-state index is 0.318. The largest absolute Gasteiger partial charge is 0.481 e. The van der Waals surface area contributed by atoms with Gasteiger partial charge in [-0.05, 0) is 30.2 Å². The number of carbonyl (C=O) groups excluding carboxylic acids is 1. The number of carbonyl (C=O) groups is 2. The molecular weight excluding hydrogens is 410 g/mol. The number of aliphatic carboxylic acids is 1. The lowest BCUT2D eigenvalue weighted by Gasteiger charge is -2.17. The number of halogens is 1. The Bertz CT molecular complexity index is 855. The fourth-order valence-corrected chi connectivity index (χ4v) is 2.97. The van der Waals surface area contributed by atoms with Crippen LogP contribution in [0.15, 0.2) is 42.7 Å². The lowest BCUT2D eigenvalue weighted by Crippen LogP contribution is -2.26. The van der Waals surface area contributed by atoms with Crippen molar-refractivity contribution in [3.63, 3.8) is 0 Å². The number of likely N-dealkylation sites (tertiary alicyclic amines) is 1. The molecule has 0 unspecified atom stereocenters. The maximum Gasteiger partial charge on any atom is 0.300 e. The standard InChI is InChI=1S/C18H20ClN5O2.C2H4O2/c19-14-3-1-13(2-4-14)11-24-8-7-16(12-24)22-17-10-20-15(9-21-17)5-6-18(25)23-26;1-2(3)4/h1-6,9-10,16,26H,7-8,11-12H2,(H,21,22)(H,23,25);1H3,(H,3,4)/t16-;/m1./s1. The van der Waals surface area contributed by atoms with Crippen LogP contribution in [-0.4, -0.2) is 56.2 Å². The number of rotatable bonds is 6. The van der Waals surface area contributed by atoms with Crippen LogP contribution in [0.1, 0.15) is 24.6 Å². The van der Waals surface area contributed by atoms with Gasteiger partial charge < -0.3 is 10.4 Å². The van der Waals surface area contributed by atoms with Crippen LogP contribution < -0.4 is 10.8 Å². The predicted octanol–water partition coefficient (Wildman–Crippen LogP) is 2.43. The number of carboxylic acid groups (broad SMARTS) is 1. The van der Waals surface area contributed by atoms with E-state index >= 15 is 0 Å². The molecular formula is C20H24ClN5O4. The Kier molecular flexibility index (Phi) is 9.20. The second-order valence-electron chi connectivity index (χ2n) is 6.65. The van der Waals surface area contributed by atoms with E-state index in [1.807, 2.05) is 12.1 Å². The Morgan fingerprint density at radius 1 is 1.27 bits per heavy atom. The van der Waals surface area contributed by atoms with Gasteiger partial charge in [-0.2, -0.15) is 0 Å². The molecule has 1 aromatic carbocycles. The number of hydroxylamine groups is 1. The molecule has 4 N–H and O–H groups in total. The SMILES string of the molecule is CC(=O)O.O=C(C=Cc1cnc(N[C@@H]2CCN(Cc3ccc(Cl)cc3)C2)cn1)NO. The summed E-state index contributed by atoms with van der Waals surface area (Å²) >= 11 is 5.92. The number of nitrogens with one attached hydrogen (secondary N) is 2. The summed E-state index contributed by atoms with van der Waals surface area (Å²) in [6.07, 6.45) is 6.91. The molecule has 1 aliphatic heterocycles. The summed E-state index contributed by atoms with van der Waals surface area (Å²) in [4.78, 5) is 30.9. The van der Waals surface area contributed by atoms with E-state index in [9.17, 15) is 4.79 Å². The molecule has 1 amide bonds. The highest BCUT2D eigenvalue weighted by molar-refractivity contribution is 6.30. The molecule has 1 atom stereocenters. The lowest BCUT2D eigenvalue weighted by molar-refractivity contribution is -0.134. The number of hydrogen-bond donors (Lipinski definition) is 4. The van der Waals surface area contributed by atoms with E-state index in [1.165, 1.54) is 23.2 Å². The Balaban J connectivity index is 0.000000735. The van der Waals surface area contributed by atoms with Crippen LogP contribution in [0.25, 0.3) is 6.08 Å². The summed E-state index contributed by atoms with van der Waals surface area (Å²) in [7, 11) is 0. The van der Waals surface area contributed by atoms with Gasteiger partial charge in [0.25, 0.3) is 11.9 Å². The smallest absolute Gasteiger partial charge is 0.300 e. The number of hydrogen-bond acceptors (Lipinski definition) is 7. The van der Waals surface area contributed by atoms with Crippen LogP contribution in [0.5, 0.6) is 0 Å². The van der Waals surface area contributed by atoms with Gasteiger partial charge in [-0.15, -0.1) is 0 Å². The molecule has 1 aliphatic rings. The third-order valence-corrected chi connectivity index (χ3v) is 4.38. The normalized spacial score (nSPS) is 16.0. The summed E-state index contributed by atoms with van der Waals surface area (Å²) in [6, 6.07) is 8.25. The monoisotopic (exact) mass is 433 g/mol. The van der Waals surface area contributed by atoms with Crippen LogP contribution in [-0.2, 0) is 16.1 Å². The molecule has 1 saturated heterocycles. The first-order chi connectivity index (χ1) is 14.4. The minimum Gasteiger partial charge on any atom is -0.481 e. The van der Waals surface area contributed by atoms with Crippen molar-refractivity contribution in [1.29, 1.82) is 0 Å². The number of aromatic nitrogens is 2. The molecule has 2 heterocycles. The summed E-state index contributed by atoms with van der Waals surface area (Å²) in [5.41, 5.74) is 3.31. The molecule has 0 bridgehead atoms. The lowest BCUT2D eigenvalue weighted by atomic mass is 10.2. The maximum absolute atomic E-state index is 10.9. The van der Waals surface area contributed by atoms with Gasteiger partial charge in [0.2, 0.25) is 0 Å². The van der Waals surface area contributed by atoms with E-state index in [1.54, 1.807) is 12.4 Å². The molecule has 1 fully saturated rings. The van der Waals surface area contributed by atoms with Crippen molar-refractivity contribution in [2.75, 3.05) is 18.4 Å². The topological polar surface area (TPSA) is 128 Å². The highest BCUT2D eigenvalue weighted by atomic mass is 35.5. The summed E-state index contributed by atoms with van der Waals surface area (Å²) in [5.74, 6) is -0.743. The molecule has 0 spiro atoms. The average Bonchev–Trinajstić information content (AvgIpc) is 3.15. The van der Waals surface area contributed by atoms with E-state index in [0.29, 0.717) is 17.6 Å². The van der Waals surface area contributed by atoms with E-state index in [-0.39, 0.29) is 0 Å². The van der Waals surface area contributed by atoms with Gasteiger partial charge in [0.1, 0.15) is 5.82 Å². The van der Waals surface area contributed by atoms with Crippen molar-refractivity contribution in [2.24, 2.45) is 0 Å². The van der Waals surface area contributed by atoms with Crippen LogP contribution in [0.4, 0.5) is 5.82 Å². The van der Waals surface area contributed by atoms with E-state index in [2.05, 4.69) is 32.3 Å². The molecule has 10 heteroatoms. The second-order valence-corrected chi connectivity index (χ2v) is 7.08. The minimum atomic E-state index is -0.833. The van der Waals surface area contributed by atoms with E-state index < -0.39 is 11.9 Å². The fourth-order valence-electron chi connectivity index (χ4n) is 2.85. The highest BCUT2D eigenvalue weighted by Crippen LogP contribution is 2.18. The van der Waals surface area contributed by atoms with Crippen molar-refractivity contribution in [2.45, 2.75) is 25.9 Å². The predicted molar refractivity (Wildman–Crippen MR) is 113 cm³/mol. The number of benzene rings is 1. The summed E-state index contributed by atoms with van der Waals surface area (Å²) in [5, 5.41) is 20.0. The Morgan fingerprint density at radius 2 is 1.97 bits per heavy atom. The first kappa shape index (κ1) is 23.3. The van der Waals surface area contributed by atoms with Crippen molar-refractivity contribution in [3.8, 4) is 0 Å². The van der Waals surface area contributed by atoms with E-state index in [4.69, 9.17) is 26.7 Å². The Labute approximate surface area is 179 Å². The number of carboxylic acids is 1. The van der Waals surface area contributed by atoms with Crippen molar-refractivity contribution in [3.05, 3.63) is 59.0 Å².